The molecule has 0 fully saturated rings. The predicted octanol–water partition coefficient (Wildman–Crippen LogP) is 4.35. The first kappa shape index (κ1) is 20.9. The first-order chi connectivity index (χ1) is 15.1. The lowest BCUT2D eigenvalue weighted by atomic mass is 10.1. The van der Waals surface area contributed by atoms with Crippen LogP contribution in [-0.4, -0.2) is 30.5 Å². The van der Waals surface area contributed by atoms with Crippen molar-refractivity contribution in [3.63, 3.8) is 0 Å². The number of methoxy groups -OCH3 is 1. The van der Waals surface area contributed by atoms with Crippen LogP contribution < -0.4 is 15.8 Å². The smallest absolute Gasteiger partial charge is 0.356 e. The fourth-order valence-corrected chi connectivity index (χ4v) is 4.19. The molecular weight excluding hydrogens is 412 g/mol. The van der Waals surface area contributed by atoms with E-state index < -0.39 is 5.97 Å². The van der Waals surface area contributed by atoms with Gasteiger partial charge in [0.05, 0.1) is 29.6 Å². The summed E-state index contributed by atoms with van der Waals surface area (Å²) in [4.78, 5) is 21.7. The molecule has 7 nitrogen and oxygen atoms in total. The minimum Gasteiger partial charge on any atom is -0.497 e. The normalized spacial score (nSPS) is 15.6. The molecule has 1 aromatic heterocycles. The maximum absolute atomic E-state index is 12.4. The van der Waals surface area contributed by atoms with E-state index in [2.05, 4.69) is 17.2 Å². The number of esters is 1. The number of nitrogens with one attached hydrogen (secondary N) is 1. The van der Waals surface area contributed by atoms with Gasteiger partial charge in [-0.1, -0.05) is 55.4 Å². The fourth-order valence-electron chi connectivity index (χ4n) is 3.32. The number of hydrogen-bond acceptors (Lipinski definition) is 7. The van der Waals surface area contributed by atoms with Crippen molar-refractivity contribution in [1.82, 2.24) is 10.3 Å². The Kier molecular flexibility index (Phi) is 6.18. The largest absolute Gasteiger partial charge is 0.497 e. The molecule has 0 unspecified atom stereocenters. The van der Waals surface area contributed by atoms with Crippen molar-refractivity contribution in [3.05, 3.63) is 59.3 Å². The van der Waals surface area contributed by atoms with Crippen LogP contribution in [0.2, 0.25) is 0 Å². The number of carbonyl (C=O) groups is 1. The second-order valence-corrected chi connectivity index (χ2v) is 8.10. The second kappa shape index (κ2) is 9.18. The van der Waals surface area contributed by atoms with Crippen molar-refractivity contribution in [3.8, 4) is 5.75 Å². The van der Waals surface area contributed by atoms with E-state index >= 15 is 0 Å². The van der Waals surface area contributed by atoms with Gasteiger partial charge < -0.3 is 20.5 Å². The number of fused-ring (bicyclic) bond motifs is 2. The molecule has 0 bridgehead atoms. The molecule has 3 N–H and O–H groups in total. The molecule has 0 amide bonds. The first-order valence-corrected chi connectivity index (χ1v) is 11.0. The monoisotopic (exact) mass is 436 g/mol. The number of ether oxygens (including phenoxy) is 2. The molecule has 0 saturated heterocycles. The highest BCUT2D eigenvalue weighted by atomic mass is 32.1. The van der Waals surface area contributed by atoms with Gasteiger partial charge in [-0.25, -0.2) is 14.8 Å². The lowest BCUT2D eigenvalue weighted by molar-refractivity contribution is -0.139. The number of aliphatic imine (C=N–C) groups is 1. The molecule has 2 aromatic carbocycles. The summed E-state index contributed by atoms with van der Waals surface area (Å²) < 4.78 is 11.6. The van der Waals surface area contributed by atoms with E-state index in [9.17, 15) is 4.79 Å². The molecule has 4 rings (SSSR count). The maximum atomic E-state index is 12.4. The Labute approximate surface area is 184 Å². The zero-order valence-corrected chi connectivity index (χ0v) is 18.3. The number of unbranched alkanes of at least 4 members (excludes halogenated alkanes) is 2. The highest BCUT2D eigenvalue weighted by Crippen LogP contribution is 2.33. The van der Waals surface area contributed by atoms with E-state index in [-0.39, 0.29) is 5.70 Å². The summed E-state index contributed by atoms with van der Waals surface area (Å²) in [5.41, 5.74) is 9.24. The lowest BCUT2D eigenvalue weighted by Crippen LogP contribution is -2.23. The number of nitrogens with zero attached hydrogens (tertiary/aromatic N) is 2. The Morgan fingerprint density at radius 1 is 1.19 bits per heavy atom. The predicted molar refractivity (Wildman–Crippen MR) is 124 cm³/mol. The molecule has 2 heterocycles. The van der Waals surface area contributed by atoms with Gasteiger partial charge in [0.25, 0.3) is 0 Å². The van der Waals surface area contributed by atoms with Crippen LogP contribution in [0.3, 0.4) is 0 Å². The Morgan fingerprint density at radius 2 is 2.00 bits per heavy atom. The van der Waals surface area contributed by atoms with Gasteiger partial charge >= 0.3 is 5.97 Å². The third-order valence-electron chi connectivity index (χ3n) is 4.96. The van der Waals surface area contributed by atoms with E-state index in [1.54, 1.807) is 7.11 Å². The van der Waals surface area contributed by atoms with Gasteiger partial charge in [-0.05, 0) is 24.6 Å². The number of rotatable bonds is 7. The molecule has 31 heavy (non-hydrogen) atoms. The van der Waals surface area contributed by atoms with Crippen LogP contribution in [0.25, 0.3) is 15.9 Å². The number of amidine groups is 1. The van der Waals surface area contributed by atoms with E-state index in [0.29, 0.717) is 23.3 Å². The van der Waals surface area contributed by atoms with Gasteiger partial charge in [-0.15, -0.1) is 0 Å². The highest BCUT2D eigenvalue weighted by molar-refractivity contribution is 7.22. The van der Waals surface area contributed by atoms with Crippen LogP contribution >= 0.6 is 11.3 Å². The van der Waals surface area contributed by atoms with Crippen LogP contribution in [0.1, 0.15) is 37.3 Å². The molecule has 0 radical (unpaired) electrons. The van der Waals surface area contributed by atoms with Gasteiger partial charge in [0.2, 0.25) is 5.13 Å². The number of aromatic nitrogens is 1. The molecule has 8 heteroatoms. The summed E-state index contributed by atoms with van der Waals surface area (Å²) in [7, 11) is 1.63. The van der Waals surface area contributed by atoms with Crippen LogP contribution in [0.4, 0.5) is 5.13 Å². The minimum atomic E-state index is -0.526. The van der Waals surface area contributed by atoms with Gasteiger partial charge in [0.15, 0.2) is 0 Å². The Morgan fingerprint density at radius 3 is 2.77 bits per heavy atom. The number of benzene rings is 2. The van der Waals surface area contributed by atoms with Crippen molar-refractivity contribution < 1.29 is 14.3 Å². The zero-order valence-electron chi connectivity index (χ0n) is 17.5. The van der Waals surface area contributed by atoms with Crippen molar-refractivity contribution in [2.75, 3.05) is 13.7 Å². The van der Waals surface area contributed by atoms with Crippen molar-refractivity contribution in [1.29, 1.82) is 0 Å². The molecule has 3 aromatic rings. The van der Waals surface area contributed by atoms with Crippen molar-refractivity contribution >= 4 is 44.2 Å². The number of thiazole rings is 1. The van der Waals surface area contributed by atoms with Gasteiger partial charge in [0, 0.05) is 11.1 Å². The van der Waals surface area contributed by atoms with E-state index in [1.165, 1.54) is 11.3 Å². The maximum Gasteiger partial charge on any atom is 0.356 e. The van der Waals surface area contributed by atoms with E-state index in [4.69, 9.17) is 20.2 Å². The number of carbonyl (C=O) groups excluding carboxylic acids is 1. The molecule has 1 aliphatic heterocycles. The lowest BCUT2D eigenvalue weighted by Gasteiger charge is -2.08. The molecule has 160 valence electrons. The van der Waals surface area contributed by atoms with Crippen molar-refractivity contribution in [2.24, 2.45) is 10.7 Å². The zero-order chi connectivity index (χ0) is 21.8. The molecule has 0 atom stereocenters. The van der Waals surface area contributed by atoms with Crippen LogP contribution in [0.5, 0.6) is 5.75 Å². The third-order valence-corrected chi connectivity index (χ3v) is 5.87. The molecule has 0 aliphatic carbocycles. The Hall–Kier alpha value is -3.39. The molecule has 0 saturated carbocycles. The fraction of sp³-hybridized carbons (Fsp3) is 0.261. The van der Waals surface area contributed by atoms with Gasteiger partial charge in [0.1, 0.15) is 17.3 Å². The van der Waals surface area contributed by atoms with Crippen LogP contribution in [0, 0.1) is 0 Å². The Balaban J connectivity index is 1.64. The summed E-state index contributed by atoms with van der Waals surface area (Å²) in [5, 5.41) is 3.80. The summed E-state index contributed by atoms with van der Waals surface area (Å²) in [6.45, 7) is 2.46. The van der Waals surface area contributed by atoms with Crippen LogP contribution in [0.15, 0.2) is 53.2 Å². The second-order valence-electron chi connectivity index (χ2n) is 7.09. The Bertz CT molecular complexity index is 1180. The summed E-state index contributed by atoms with van der Waals surface area (Å²) in [5.74, 6) is 0.843. The quantitative estimate of drug-likeness (QED) is 0.325. The van der Waals surface area contributed by atoms with Gasteiger partial charge in [-0.2, -0.15) is 0 Å². The van der Waals surface area contributed by atoms with E-state index in [0.717, 1.165) is 46.4 Å². The average molecular weight is 437 g/mol. The SMILES string of the molecule is CCCCCOC(=O)/C(N)=C1\N/C(=N\c2nc3ccc(OC)cc3s2)c2ccccc21. The summed E-state index contributed by atoms with van der Waals surface area (Å²) in [6.07, 6.45) is 2.89. The third kappa shape index (κ3) is 4.39. The minimum absolute atomic E-state index is 0.0446. The molecule has 0 spiro atoms. The molecule has 1 aliphatic rings. The number of hydrogen-bond donors (Lipinski definition) is 2. The summed E-state index contributed by atoms with van der Waals surface area (Å²) >= 11 is 1.46. The van der Waals surface area contributed by atoms with Crippen molar-refractivity contribution in [2.45, 2.75) is 26.2 Å². The van der Waals surface area contributed by atoms with Crippen LogP contribution in [-0.2, 0) is 9.53 Å². The van der Waals surface area contributed by atoms with Gasteiger partial charge in [-0.3, -0.25) is 0 Å². The molecular formula is C23H24N4O3S. The average Bonchev–Trinajstić information content (AvgIpc) is 3.36. The summed E-state index contributed by atoms with van der Waals surface area (Å²) in [6, 6.07) is 13.4. The number of nitrogens with two attached hydrogens (primary N) is 1. The highest BCUT2D eigenvalue weighted by Gasteiger charge is 2.27. The standard InChI is InChI=1S/C23H24N4O3S/c1-3-4-7-12-30-22(28)19(24)20-15-8-5-6-9-16(15)21(26-20)27-23-25-17-11-10-14(29-2)13-18(17)31-23/h5-6,8-11,13H,3-4,7,12,24H2,1-2H3,(H,25,26,27)/b20-19+. The van der Waals surface area contributed by atoms with E-state index in [1.807, 2.05) is 42.5 Å². The first-order valence-electron chi connectivity index (χ1n) is 10.2. The topological polar surface area (TPSA) is 98.8 Å².